The number of benzene rings is 2. The molecule has 0 radical (unpaired) electrons. The molecule has 7 heteroatoms. The molecule has 2 aromatic carbocycles. The first-order chi connectivity index (χ1) is 16.0. The number of hydrogen-bond acceptors (Lipinski definition) is 5. The number of allylic oxidation sites excluding steroid dienone is 2. The van der Waals surface area contributed by atoms with Crippen LogP contribution in [0.3, 0.4) is 0 Å². The fraction of sp³-hybridized carbons (Fsp3) is 0.346. The highest BCUT2D eigenvalue weighted by Crippen LogP contribution is 2.20. The molecule has 0 saturated carbocycles. The Hall–Kier alpha value is -3.61. The van der Waals surface area contributed by atoms with Gasteiger partial charge in [0.2, 0.25) is 11.8 Å². The molecule has 2 aromatic rings. The van der Waals surface area contributed by atoms with Gasteiger partial charge in [-0.1, -0.05) is 54.6 Å². The van der Waals surface area contributed by atoms with Crippen LogP contribution >= 0.6 is 0 Å². The van der Waals surface area contributed by atoms with Crippen LogP contribution in [0.1, 0.15) is 42.9 Å². The van der Waals surface area contributed by atoms with Gasteiger partial charge in [-0.05, 0) is 36.1 Å². The fourth-order valence-electron chi connectivity index (χ4n) is 3.55. The summed E-state index contributed by atoms with van der Waals surface area (Å²) in [4.78, 5) is 37.6. The smallest absolute Gasteiger partial charge is 0.306 e. The lowest BCUT2D eigenvalue weighted by molar-refractivity contribution is -0.150. The number of methoxy groups -OCH3 is 1. The molecule has 7 nitrogen and oxygen atoms in total. The highest BCUT2D eigenvalue weighted by atomic mass is 16.5. The molecule has 0 saturated heterocycles. The number of esters is 1. The molecule has 174 valence electrons. The minimum Gasteiger partial charge on any atom is -0.497 e. The zero-order chi connectivity index (χ0) is 23.5. The number of cyclic esters (lactones) is 1. The third-order valence-electron chi connectivity index (χ3n) is 5.46. The van der Waals surface area contributed by atoms with E-state index in [9.17, 15) is 14.4 Å². The summed E-state index contributed by atoms with van der Waals surface area (Å²) in [5.41, 5.74) is 1.76. The van der Waals surface area contributed by atoms with Gasteiger partial charge >= 0.3 is 5.97 Å². The Morgan fingerprint density at radius 1 is 1.09 bits per heavy atom. The van der Waals surface area contributed by atoms with E-state index in [0.29, 0.717) is 19.4 Å². The lowest BCUT2D eigenvalue weighted by Crippen LogP contribution is -2.37. The Balaban J connectivity index is 1.61. The molecular weight excluding hydrogens is 420 g/mol. The van der Waals surface area contributed by atoms with Crippen molar-refractivity contribution in [3.63, 3.8) is 0 Å². The summed E-state index contributed by atoms with van der Waals surface area (Å²) < 4.78 is 10.7. The van der Waals surface area contributed by atoms with Crippen molar-refractivity contribution < 1.29 is 23.9 Å². The van der Waals surface area contributed by atoms with E-state index in [2.05, 4.69) is 10.6 Å². The average Bonchev–Trinajstić information content (AvgIpc) is 2.84. The van der Waals surface area contributed by atoms with Gasteiger partial charge in [0.05, 0.1) is 19.6 Å². The van der Waals surface area contributed by atoms with E-state index in [0.717, 1.165) is 16.9 Å². The van der Waals surface area contributed by atoms with E-state index < -0.39 is 12.0 Å². The SMILES string of the molecule is COc1ccc(CNC(=O)C[C@@H]2CC=CCCC(=O)O[C@H](c3ccccc3)CNC2=O)cc1. The number of amides is 2. The van der Waals surface area contributed by atoms with E-state index >= 15 is 0 Å². The van der Waals surface area contributed by atoms with Crippen molar-refractivity contribution in [1.29, 1.82) is 0 Å². The molecule has 0 spiro atoms. The lowest BCUT2D eigenvalue weighted by Gasteiger charge is -2.21. The first kappa shape index (κ1) is 24.0. The maximum absolute atomic E-state index is 12.9. The van der Waals surface area contributed by atoms with Gasteiger partial charge in [0, 0.05) is 19.4 Å². The van der Waals surface area contributed by atoms with Gasteiger partial charge in [0.15, 0.2) is 0 Å². The van der Waals surface area contributed by atoms with Crippen molar-refractivity contribution in [3.05, 3.63) is 77.9 Å². The van der Waals surface area contributed by atoms with E-state index in [1.54, 1.807) is 7.11 Å². The summed E-state index contributed by atoms with van der Waals surface area (Å²) in [6.07, 6.45) is 4.42. The van der Waals surface area contributed by atoms with Crippen LogP contribution in [-0.2, 0) is 25.7 Å². The molecule has 3 rings (SSSR count). The Morgan fingerprint density at radius 3 is 2.58 bits per heavy atom. The Kier molecular flexibility index (Phi) is 9.06. The molecule has 0 aromatic heterocycles. The van der Waals surface area contributed by atoms with Gasteiger partial charge in [0.1, 0.15) is 11.9 Å². The maximum Gasteiger partial charge on any atom is 0.306 e. The predicted octanol–water partition coefficient (Wildman–Crippen LogP) is 3.46. The number of rotatable bonds is 6. The van der Waals surface area contributed by atoms with Crippen LogP contribution in [0.2, 0.25) is 0 Å². The molecule has 2 N–H and O–H groups in total. The molecule has 0 unspecified atom stereocenters. The predicted molar refractivity (Wildman–Crippen MR) is 124 cm³/mol. The van der Waals surface area contributed by atoms with Gasteiger partial charge in [-0.2, -0.15) is 0 Å². The third kappa shape index (κ3) is 7.79. The van der Waals surface area contributed by atoms with E-state index in [-0.39, 0.29) is 37.2 Å². The van der Waals surface area contributed by atoms with Crippen molar-refractivity contribution >= 4 is 17.8 Å². The minimum atomic E-state index is -0.574. The molecule has 0 aliphatic carbocycles. The van der Waals surface area contributed by atoms with E-state index in [1.165, 1.54) is 0 Å². The van der Waals surface area contributed by atoms with Gasteiger partial charge in [-0.3, -0.25) is 14.4 Å². The molecule has 1 aliphatic heterocycles. The van der Waals surface area contributed by atoms with Crippen molar-refractivity contribution in [2.75, 3.05) is 13.7 Å². The van der Waals surface area contributed by atoms with Crippen LogP contribution in [-0.4, -0.2) is 31.4 Å². The monoisotopic (exact) mass is 450 g/mol. The average molecular weight is 451 g/mol. The second-order valence-corrected chi connectivity index (χ2v) is 7.91. The Morgan fingerprint density at radius 2 is 1.85 bits per heavy atom. The van der Waals surface area contributed by atoms with Crippen LogP contribution < -0.4 is 15.4 Å². The number of ether oxygens (including phenoxy) is 2. The minimum absolute atomic E-state index is 0.0715. The fourth-order valence-corrected chi connectivity index (χ4v) is 3.55. The number of nitrogens with one attached hydrogen (secondary N) is 2. The van der Waals surface area contributed by atoms with Crippen LogP contribution in [0.25, 0.3) is 0 Å². The summed E-state index contributed by atoms with van der Waals surface area (Å²) in [7, 11) is 1.60. The van der Waals surface area contributed by atoms with E-state index in [4.69, 9.17) is 9.47 Å². The van der Waals surface area contributed by atoms with Crippen molar-refractivity contribution in [2.24, 2.45) is 5.92 Å². The second-order valence-electron chi connectivity index (χ2n) is 7.91. The highest BCUT2D eigenvalue weighted by molar-refractivity contribution is 5.86. The number of carbonyl (C=O) groups is 3. The third-order valence-corrected chi connectivity index (χ3v) is 5.46. The maximum atomic E-state index is 12.9. The van der Waals surface area contributed by atoms with Gasteiger partial charge in [-0.15, -0.1) is 0 Å². The van der Waals surface area contributed by atoms with Crippen LogP contribution in [0.4, 0.5) is 0 Å². The summed E-state index contributed by atoms with van der Waals surface area (Å²) in [5, 5.41) is 5.75. The molecule has 2 atom stereocenters. The first-order valence-corrected chi connectivity index (χ1v) is 11.1. The van der Waals surface area contributed by atoms with Gasteiger partial charge in [0.25, 0.3) is 0 Å². The van der Waals surface area contributed by atoms with Crippen molar-refractivity contribution in [3.8, 4) is 5.75 Å². The Labute approximate surface area is 194 Å². The zero-order valence-electron chi connectivity index (χ0n) is 18.8. The molecule has 1 heterocycles. The molecule has 0 bridgehead atoms. The summed E-state index contributed by atoms with van der Waals surface area (Å²) in [5.74, 6) is -0.503. The summed E-state index contributed by atoms with van der Waals surface area (Å²) >= 11 is 0. The van der Waals surface area contributed by atoms with Gasteiger partial charge in [-0.25, -0.2) is 0 Å². The molecule has 33 heavy (non-hydrogen) atoms. The lowest BCUT2D eigenvalue weighted by atomic mass is 9.98. The summed E-state index contributed by atoms with van der Waals surface area (Å²) in [6, 6.07) is 16.8. The standard InChI is InChI=1S/C26H30N2O5/c1-32-22-14-12-19(13-15-22)17-27-24(29)16-21-10-6-3-7-11-25(30)33-23(18-28-26(21)31)20-8-4-2-5-9-20/h2-6,8-9,12-15,21,23H,7,10-11,16-18H2,1H3,(H,27,29)(H,28,31)/t21-,23-/m0/s1. The molecule has 1 aliphatic rings. The topological polar surface area (TPSA) is 93.7 Å². The van der Waals surface area contributed by atoms with Crippen LogP contribution in [0.15, 0.2) is 66.7 Å². The zero-order valence-corrected chi connectivity index (χ0v) is 18.8. The second kappa shape index (κ2) is 12.4. The van der Waals surface area contributed by atoms with Crippen LogP contribution in [0.5, 0.6) is 5.75 Å². The molecular formula is C26H30N2O5. The quantitative estimate of drug-likeness (QED) is 0.519. The Bertz CT molecular complexity index is 956. The summed E-state index contributed by atoms with van der Waals surface area (Å²) in [6.45, 7) is 0.529. The van der Waals surface area contributed by atoms with Gasteiger partial charge < -0.3 is 20.1 Å². The molecule has 0 fully saturated rings. The van der Waals surface area contributed by atoms with Crippen LogP contribution in [0, 0.1) is 5.92 Å². The van der Waals surface area contributed by atoms with E-state index in [1.807, 2.05) is 66.7 Å². The van der Waals surface area contributed by atoms with Crippen molar-refractivity contribution in [2.45, 2.75) is 38.3 Å². The molecule has 2 amide bonds. The largest absolute Gasteiger partial charge is 0.497 e. The normalized spacial score (nSPS) is 19.4. The highest BCUT2D eigenvalue weighted by Gasteiger charge is 2.24. The number of carbonyl (C=O) groups excluding carboxylic acids is 3. The first-order valence-electron chi connectivity index (χ1n) is 11.1. The van der Waals surface area contributed by atoms with Crippen molar-refractivity contribution in [1.82, 2.24) is 10.6 Å². The number of hydrogen-bond donors (Lipinski definition) is 2.